The zero-order valence-corrected chi connectivity index (χ0v) is 17.6. The highest BCUT2D eigenvalue weighted by Crippen LogP contribution is 2.34. The Hall–Kier alpha value is -3.44. The first-order valence-corrected chi connectivity index (χ1v) is 10.7. The Labute approximate surface area is 182 Å². The van der Waals surface area contributed by atoms with Crippen LogP contribution >= 0.6 is 0 Å². The number of hydrogen-bond acceptors (Lipinski definition) is 5. The molecular weight excluding hydrogens is 384 g/mol. The van der Waals surface area contributed by atoms with Crippen molar-refractivity contribution in [3.05, 3.63) is 89.4 Å². The number of anilines is 1. The van der Waals surface area contributed by atoms with Crippen molar-refractivity contribution in [2.24, 2.45) is 11.7 Å². The van der Waals surface area contributed by atoms with Crippen LogP contribution in [0.5, 0.6) is 0 Å². The number of nitrogens with zero attached hydrogens (tertiary/aromatic N) is 2. The second kappa shape index (κ2) is 8.36. The summed E-state index contributed by atoms with van der Waals surface area (Å²) in [5.41, 5.74) is 12.2. The zero-order valence-electron chi connectivity index (χ0n) is 17.6. The molecule has 5 nitrogen and oxygen atoms in total. The third-order valence-corrected chi connectivity index (χ3v) is 5.97. The highest BCUT2D eigenvalue weighted by Gasteiger charge is 2.21. The molecule has 1 aliphatic carbocycles. The van der Waals surface area contributed by atoms with Gasteiger partial charge in [0.25, 0.3) is 0 Å². The Morgan fingerprint density at radius 3 is 2.90 bits per heavy atom. The van der Waals surface area contributed by atoms with Crippen molar-refractivity contribution < 1.29 is 4.52 Å². The Kier molecular flexibility index (Phi) is 5.26. The van der Waals surface area contributed by atoms with Crippen molar-refractivity contribution in [2.45, 2.75) is 25.8 Å². The summed E-state index contributed by atoms with van der Waals surface area (Å²) in [6.07, 6.45) is 7.73. The third kappa shape index (κ3) is 4.23. The monoisotopic (exact) mass is 410 g/mol. The van der Waals surface area contributed by atoms with Crippen molar-refractivity contribution in [3.63, 3.8) is 0 Å². The fourth-order valence-corrected chi connectivity index (χ4v) is 4.29. The van der Waals surface area contributed by atoms with E-state index >= 15 is 0 Å². The summed E-state index contributed by atoms with van der Waals surface area (Å²) in [6.45, 7) is 2.83. The van der Waals surface area contributed by atoms with Crippen LogP contribution in [0.4, 0.5) is 5.88 Å². The normalized spacial score (nSPS) is 16.6. The molecule has 3 N–H and O–H groups in total. The molecule has 0 fully saturated rings. The highest BCUT2D eigenvalue weighted by atomic mass is 16.5. The largest absolute Gasteiger partial charge is 0.352 e. The first-order valence-electron chi connectivity index (χ1n) is 10.7. The SMILES string of the molecule is CC1Cc2cnccc2C=C1c1cc(NC[C@@H](N)Cc2ccc3ccccc3c2)on1. The van der Waals surface area contributed by atoms with Crippen LogP contribution in [0.25, 0.3) is 22.4 Å². The predicted octanol–water partition coefficient (Wildman–Crippen LogP) is 4.94. The Morgan fingerprint density at radius 1 is 1.13 bits per heavy atom. The summed E-state index contributed by atoms with van der Waals surface area (Å²) >= 11 is 0. The molecule has 1 aliphatic rings. The molecule has 0 amide bonds. The number of pyridine rings is 1. The van der Waals surface area contributed by atoms with Crippen molar-refractivity contribution in [3.8, 4) is 0 Å². The van der Waals surface area contributed by atoms with E-state index in [1.54, 1.807) is 0 Å². The summed E-state index contributed by atoms with van der Waals surface area (Å²) < 4.78 is 5.54. The molecule has 2 aromatic heterocycles. The fraction of sp³-hybridized carbons (Fsp3) is 0.231. The summed E-state index contributed by atoms with van der Waals surface area (Å²) in [6, 6.07) is 18.9. The van der Waals surface area contributed by atoms with E-state index in [2.05, 4.69) is 70.9 Å². The molecular formula is C26H26N4O. The summed E-state index contributed by atoms with van der Waals surface area (Å²) in [5.74, 6) is 1.02. The van der Waals surface area contributed by atoms with E-state index < -0.39 is 0 Å². The standard InChI is InChI=1S/C26H26N4O/c1-17-10-22-15-28-9-8-21(22)13-24(17)25-14-26(31-30-25)29-16-23(27)12-18-6-7-19-4-2-3-5-20(19)11-18/h2-9,11,13-15,17,23,29H,10,12,16,27H2,1H3/t17?,23-/m0/s1. The molecule has 0 bridgehead atoms. The van der Waals surface area contributed by atoms with Gasteiger partial charge in [-0.15, -0.1) is 0 Å². The number of hydrogen-bond donors (Lipinski definition) is 2. The van der Waals surface area contributed by atoms with Gasteiger partial charge in [0.2, 0.25) is 5.88 Å². The second-order valence-corrected chi connectivity index (χ2v) is 8.38. The quantitative estimate of drug-likeness (QED) is 0.471. The topological polar surface area (TPSA) is 77.0 Å². The number of aromatic nitrogens is 2. The molecule has 0 aliphatic heterocycles. The summed E-state index contributed by atoms with van der Waals surface area (Å²) in [7, 11) is 0. The van der Waals surface area contributed by atoms with Crippen molar-refractivity contribution >= 4 is 28.3 Å². The van der Waals surface area contributed by atoms with Crippen LogP contribution in [0.1, 0.15) is 29.3 Å². The Balaban J connectivity index is 1.23. The van der Waals surface area contributed by atoms with E-state index in [4.69, 9.17) is 10.3 Å². The lowest BCUT2D eigenvalue weighted by molar-refractivity contribution is 0.427. The molecule has 2 atom stereocenters. The lowest BCUT2D eigenvalue weighted by Crippen LogP contribution is -2.31. The lowest BCUT2D eigenvalue weighted by atomic mass is 9.84. The molecule has 1 unspecified atom stereocenters. The van der Waals surface area contributed by atoms with Gasteiger partial charge in [-0.1, -0.05) is 54.5 Å². The van der Waals surface area contributed by atoms with Gasteiger partial charge in [0.15, 0.2) is 0 Å². The molecule has 0 radical (unpaired) electrons. The number of rotatable bonds is 6. The van der Waals surface area contributed by atoms with Gasteiger partial charge in [-0.3, -0.25) is 4.98 Å². The van der Waals surface area contributed by atoms with Crippen LogP contribution < -0.4 is 11.1 Å². The van der Waals surface area contributed by atoms with Crippen molar-refractivity contribution in [1.82, 2.24) is 10.1 Å². The van der Waals surface area contributed by atoms with E-state index in [9.17, 15) is 0 Å². The number of fused-ring (bicyclic) bond motifs is 2. The molecule has 5 rings (SSSR count). The Morgan fingerprint density at radius 2 is 2.00 bits per heavy atom. The van der Waals surface area contributed by atoms with Gasteiger partial charge in [0.1, 0.15) is 5.69 Å². The van der Waals surface area contributed by atoms with Gasteiger partial charge in [-0.25, -0.2) is 0 Å². The predicted molar refractivity (Wildman–Crippen MR) is 126 cm³/mol. The molecule has 4 aromatic rings. The molecule has 156 valence electrons. The van der Waals surface area contributed by atoms with Crippen LogP contribution in [0, 0.1) is 5.92 Å². The van der Waals surface area contributed by atoms with E-state index in [0.29, 0.717) is 18.3 Å². The minimum absolute atomic E-state index is 0.0260. The smallest absolute Gasteiger partial charge is 0.225 e. The molecule has 5 heteroatoms. The second-order valence-electron chi connectivity index (χ2n) is 8.38. The van der Waals surface area contributed by atoms with Gasteiger partial charge < -0.3 is 15.6 Å². The van der Waals surface area contributed by atoms with Crippen LogP contribution in [0.2, 0.25) is 0 Å². The van der Waals surface area contributed by atoms with Crippen LogP contribution in [-0.4, -0.2) is 22.7 Å². The molecule has 2 aromatic carbocycles. The summed E-state index contributed by atoms with van der Waals surface area (Å²) in [5, 5.41) is 10.1. The number of nitrogens with two attached hydrogens (primary N) is 1. The zero-order chi connectivity index (χ0) is 21.2. The van der Waals surface area contributed by atoms with E-state index in [0.717, 1.165) is 18.5 Å². The van der Waals surface area contributed by atoms with Gasteiger partial charge in [-0.05, 0) is 63.9 Å². The van der Waals surface area contributed by atoms with Gasteiger partial charge in [-0.2, -0.15) is 0 Å². The average molecular weight is 411 g/mol. The summed E-state index contributed by atoms with van der Waals surface area (Å²) in [4.78, 5) is 4.23. The maximum Gasteiger partial charge on any atom is 0.225 e. The number of nitrogens with one attached hydrogen (secondary N) is 1. The third-order valence-electron chi connectivity index (χ3n) is 5.97. The molecule has 0 saturated heterocycles. The average Bonchev–Trinajstić information content (AvgIpc) is 3.26. The fourth-order valence-electron chi connectivity index (χ4n) is 4.29. The Bertz CT molecular complexity index is 1240. The van der Waals surface area contributed by atoms with Crippen molar-refractivity contribution in [2.75, 3.05) is 11.9 Å². The molecule has 2 heterocycles. The lowest BCUT2D eigenvalue weighted by Gasteiger charge is -2.21. The van der Waals surface area contributed by atoms with Crippen LogP contribution in [-0.2, 0) is 12.8 Å². The van der Waals surface area contributed by atoms with Gasteiger partial charge in [0.05, 0.1) is 0 Å². The van der Waals surface area contributed by atoms with Crippen LogP contribution in [0.3, 0.4) is 0 Å². The maximum atomic E-state index is 6.38. The first kappa shape index (κ1) is 19.5. The molecule has 0 saturated carbocycles. The highest BCUT2D eigenvalue weighted by molar-refractivity contribution is 5.84. The van der Waals surface area contributed by atoms with Crippen molar-refractivity contribution in [1.29, 1.82) is 0 Å². The van der Waals surface area contributed by atoms with Gasteiger partial charge in [0, 0.05) is 31.0 Å². The first-order chi connectivity index (χ1) is 15.2. The number of benzene rings is 2. The minimum atomic E-state index is -0.0260. The van der Waals surface area contributed by atoms with E-state index in [1.165, 1.54) is 33.0 Å². The molecule has 31 heavy (non-hydrogen) atoms. The van der Waals surface area contributed by atoms with E-state index in [1.807, 2.05) is 24.5 Å². The minimum Gasteiger partial charge on any atom is -0.352 e. The number of allylic oxidation sites excluding steroid dienone is 1. The van der Waals surface area contributed by atoms with Gasteiger partial charge >= 0.3 is 0 Å². The van der Waals surface area contributed by atoms with Crippen LogP contribution in [0.15, 0.2) is 71.5 Å². The van der Waals surface area contributed by atoms with E-state index in [-0.39, 0.29) is 6.04 Å². The molecule has 0 spiro atoms. The maximum absolute atomic E-state index is 6.38.